The van der Waals surface area contributed by atoms with Crippen molar-refractivity contribution in [2.45, 2.75) is 26.6 Å². The van der Waals surface area contributed by atoms with E-state index in [2.05, 4.69) is 72.2 Å². The van der Waals surface area contributed by atoms with Gasteiger partial charge in [-0.15, -0.1) is 0 Å². The zero-order valence-electron chi connectivity index (χ0n) is 23.3. The number of benzene rings is 2. The Morgan fingerprint density at radius 1 is 1.03 bits per heavy atom. The number of dihydropyridines is 1. The maximum atomic E-state index is 12.5. The van der Waals surface area contributed by atoms with E-state index in [-0.39, 0.29) is 18.1 Å². The van der Waals surface area contributed by atoms with Gasteiger partial charge < -0.3 is 20.4 Å². The molecule has 0 spiro atoms. The second-order valence-electron chi connectivity index (χ2n) is 10.3. The minimum Gasteiger partial charge on any atom is -0.363 e. The van der Waals surface area contributed by atoms with E-state index in [0.717, 1.165) is 40.3 Å². The number of allylic oxidation sites excluding steroid dienone is 1. The quantitative estimate of drug-likeness (QED) is 0.432. The van der Waals surface area contributed by atoms with Crippen molar-refractivity contribution in [2.24, 2.45) is 18.0 Å². The molecule has 0 saturated heterocycles. The zero-order valence-corrected chi connectivity index (χ0v) is 23.3. The molecular weight excluding hydrogens is 486 g/mol. The first-order valence-electron chi connectivity index (χ1n) is 13.5. The molecular formula is C31H37N7O. The first-order chi connectivity index (χ1) is 18.9. The fourth-order valence-electron chi connectivity index (χ4n) is 5.23. The van der Waals surface area contributed by atoms with Crippen molar-refractivity contribution in [3.63, 3.8) is 0 Å². The second-order valence-corrected chi connectivity index (χ2v) is 10.3. The number of hydrogen-bond acceptors (Lipinski definition) is 5. The zero-order chi connectivity index (χ0) is 27.5. The number of nitrogens with one attached hydrogen (secondary N) is 2. The number of carbonyl (C=O) groups is 1. The van der Waals surface area contributed by atoms with Crippen molar-refractivity contribution in [1.82, 2.24) is 24.9 Å². The fraction of sp³-hybridized carbons (Fsp3) is 0.323. The molecule has 1 aromatic heterocycles. The van der Waals surface area contributed by atoms with E-state index in [1.807, 2.05) is 56.1 Å². The Labute approximate surface area is 230 Å². The highest BCUT2D eigenvalue weighted by Gasteiger charge is 2.33. The van der Waals surface area contributed by atoms with Crippen molar-refractivity contribution in [2.75, 3.05) is 32.5 Å². The summed E-state index contributed by atoms with van der Waals surface area (Å²) in [7, 11) is 6.11. The van der Waals surface area contributed by atoms with Crippen LogP contribution < -0.4 is 10.6 Å². The topological polar surface area (TPSA) is 77.8 Å². The molecule has 3 aromatic rings. The molecule has 2 aromatic carbocycles. The monoisotopic (exact) mass is 523 g/mol. The number of carbonyl (C=O) groups excluding carboxylic acids is 1. The summed E-state index contributed by atoms with van der Waals surface area (Å²) >= 11 is 0. The molecule has 2 aliphatic heterocycles. The Hall–Kier alpha value is -4.17. The molecule has 2 aliphatic rings. The third kappa shape index (κ3) is 5.66. The van der Waals surface area contributed by atoms with E-state index in [4.69, 9.17) is 10.1 Å². The Balaban J connectivity index is 1.39. The van der Waals surface area contributed by atoms with Crippen LogP contribution in [0, 0.1) is 5.92 Å². The van der Waals surface area contributed by atoms with Crippen molar-refractivity contribution >= 4 is 29.2 Å². The number of urea groups is 1. The van der Waals surface area contributed by atoms with Gasteiger partial charge in [-0.05, 0) is 68.9 Å². The number of aliphatic imine (C=N–C) groups is 1. The first-order valence-corrected chi connectivity index (χ1v) is 13.5. The summed E-state index contributed by atoms with van der Waals surface area (Å²) in [6.07, 6.45) is 8.31. The van der Waals surface area contributed by atoms with E-state index in [9.17, 15) is 4.79 Å². The lowest BCUT2D eigenvalue weighted by Crippen LogP contribution is -2.34. The van der Waals surface area contributed by atoms with Gasteiger partial charge in [0.25, 0.3) is 0 Å². The number of aryl methyl sites for hydroxylation is 1. The molecule has 2 unspecified atom stereocenters. The number of fused-ring (bicyclic) bond motifs is 1. The largest absolute Gasteiger partial charge is 0.363 e. The minimum absolute atomic E-state index is 0.0489. The molecule has 2 amide bonds. The molecule has 0 fully saturated rings. The number of rotatable bonds is 8. The molecule has 8 heteroatoms. The lowest BCUT2D eigenvalue weighted by Gasteiger charge is -2.22. The molecule has 8 nitrogen and oxygen atoms in total. The molecule has 0 bridgehead atoms. The van der Waals surface area contributed by atoms with E-state index in [0.29, 0.717) is 13.1 Å². The van der Waals surface area contributed by atoms with Crippen molar-refractivity contribution in [3.8, 4) is 11.3 Å². The van der Waals surface area contributed by atoms with Gasteiger partial charge in [0, 0.05) is 67.5 Å². The van der Waals surface area contributed by atoms with Gasteiger partial charge in [0.05, 0.1) is 5.69 Å². The molecule has 2 atom stereocenters. The molecule has 2 N–H and O–H groups in total. The highest BCUT2D eigenvalue weighted by Crippen LogP contribution is 2.40. The molecule has 39 heavy (non-hydrogen) atoms. The van der Waals surface area contributed by atoms with Crippen LogP contribution in [0.15, 0.2) is 71.9 Å². The van der Waals surface area contributed by atoms with Crippen LogP contribution in [-0.4, -0.2) is 65.2 Å². The summed E-state index contributed by atoms with van der Waals surface area (Å²) in [6.45, 7) is 6.21. The maximum Gasteiger partial charge on any atom is 0.321 e. The molecule has 5 rings (SSSR count). The van der Waals surface area contributed by atoms with Crippen LogP contribution in [0.4, 0.5) is 10.5 Å². The van der Waals surface area contributed by atoms with Crippen LogP contribution in [-0.2, 0) is 13.6 Å². The van der Waals surface area contributed by atoms with Gasteiger partial charge in [-0.3, -0.25) is 9.67 Å². The van der Waals surface area contributed by atoms with Crippen molar-refractivity contribution in [3.05, 3.63) is 83.6 Å². The lowest BCUT2D eigenvalue weighted by atomic mass is 9.88. The number of anilines is 1. The van der Waals surface area contributed by atoms with E-state index in [1.54, 1.807) is 4.90 Å². The third-order valence-corrected chi connectivity index (χ3v) is 7.21. The standard InChI is InChI=1S/C31H37N7O/c1-6-38(7-2)31(39)33-24-14-12-23(13-15-24)29-27(20-37(5)35-29)25-16-17-32-30-26(25)18-28(34-30)22-10-8-21(9-11-22)19-36(3)4/h8-18,20,26,30,34H,6-7,19H2,1-5H3,(H,33,39). The summed E-state index contributed by atoms with van der Waals surface area (Å²) < 4.78 is 1.86. The number of nitrogens with zero attached hydrogens (tertiary/aromatic N) is 5. The van der Waals surface area contributed by atoms with Gasteiger partial charge in [-0.1, -0.05) is 36.4 Å². The lowest BCUT2D eigenvalue weighted by molar-refractivity contribution is 0.217. The Bertz CT molecular complexity index is 1410. The molecule has 202 valence electrons. The second kappa shape index (κ2) is 11.3. The van der Waals surface area contributed by atoms with Crippen LogP contribution in [0.2, 0.25) is 0 Å². The predicted octanol–water partition coefficient (Wildman–Crippen LogP) is 5.08. The van der Waals surface area contributed by atoms with Crippen LogP contribution in [0.1, 0.15) is 30.5 Å². The van der Waals surface area contributed by atoms with Gasteiger partial charge in [0.1, 0.15) is 6.17 Å². The van der Waals surface area contributed by atoms with Gasteiger partial charge in [0.15, 0.2) is 0 Å². The summed E-state index contributed by atoms with van der Waals surface area (Å²) in [4.78, 5) is 21.1. The van der Waals surface area contributed by atoms with E-state index < -0.39 is 0 Å². The normalized spacial score (nSPS) is 17.9. The molecule has 0 aliphatic carbocycles. The Morgan fingerprint density at radius 2 is 1.72 bits per heavy atom. The number of aromatic nitrogens is 2. The Morgan fingerprint density at radius 3 is 2.38 bits per heavy atom. The van der Waals surface area contributed by atoms with Gasteiger partial charge >= 0.3 is 6.03 Å². The third-order valence-electron chi connectivity index (χ3n) is 7.21. The van der Waals surface area contributed by atoms with Crippen molar-refractivity contribution in [1.29, 1.82) is 0 Å². The van der Waals surface area contributed by atoms with Gasteiger partial charge in [-0.2, -0.15) is 5.10 Å². The van der Waals surface area contributed by atoms with Crippen LogP contribution in [0.5, 0.6) is 0 Å². The first kappa shape index (κ1) is 26.4. The summed E-state index contributed by atoms with van der Waals surface area (Å²) in [5.41, 5.74) is 8.49. The minimum atomic E-state index is -0.0902. The number of hydrogen-bond donors (Lipinski definition) is 2. The highest BCUT2D eigenvalue weighted by molar-refractivity contribution is 5.94. The summed E-state index contributed by atoms with van der Waals surface area (Å²) in [6, 6.07) is 16.5. The summed E-state index contributed by atoms with van der Waals surface area (Å²) in [5.74, 6) is 0.0991. The number of amides is 2. The maximum absolute atomic E-state index is 12.5. The van der Waals surface area contributed by atoms with Crippen LogP contribution >= 0.6 is 0 Å². The van der Waals surface area contributed by atoms with Crippen LogP contribution in [0.3, 0.4) is 0 Å². The molecule has 3 heterocycles. The smallest absolute Gasteiger partial charge is 0.321 e. The molecule has 0 saturated carbocycles. The fourth-order valence-corrected chi connectivity index (χ4v) is 5.23. The van der Waals surface area contributed by atoms with Gasteiger partial charge in [-0.25, -0.2) is 4.79 Å². The van der Waals surface area contributed by atoms with E-state index in [1.165, 1.54) is 11.1 Å². The van der Waals surface area contributed by atoms with Gasteiger partial charge in [0.2, 0.25) is 0 Å². The summed E-state index contributed by atoms with van der Waals surface area (Å²) in [5, 5.41) is 11.4. The van der Waals surface area contributed by atoms with Crippen LogP contribution in [0.25, 0.3) is 22.5 Å². The molecule has 0 radical (unpaired) electrons. The average molecular weight is 524 g/mol. The Kier molecular flexibility index (Phi) is 7.65. The van der Waals surface area contributed by atoms with E-state index >= 15 is 0 Å². The average Bonchev–Trinajstić information content (AvgIpc) is 3.53. The van der Waals surface area contributed by atoms with Crippen molar-refractivity contribution < 1.29 is 4.79 Å². The highest BCUT2D eigenvalue weighted by atomic mass is 16.2. The SMILES string of the molecule is CCN(CC)C(=O)Nc1ccc(-c2nn(C)cc2C2=CC=NC3NC(c4ccc(CN(C)C)cc4)=CC23)cc1. The predicted molar refractivity (Wildman–Crippen MR) is 159 cm³/mol.